The third-order valence-corrected chi connectivity index (χ3v) is 6.43. The highest BCUT2D eigenvalue weighted by molar-refractivity contribution is 9.11. The zero-order valence-corrected chi connectivity index (χ0v) is 20.0. The number of oxime groups is 1. The third kappa shape index (κ3) is 5.26. The first-order valence-electron chi connectivity index (χ1n) is 8.98. The minimum atomic E-state index is -0.536. The number of hydrogen-bond acceptors (Lipinski definition) is 6. The summed E-state index contributed by atoms with van der Waals surface area (Å²) in [6.07, 6.45) is 3.24. The van der Waals surface area contributed by atoms with E-state index in [-0.39, 0.29) is 5.91 Å². The van der Waals surface area contributed by atoms with Crippen molar-refractivity contribution in [2.45, 2.75) is 37.0 Å². The Balaban J connectivity index is 1.39. The topological polar surface area (TPSA) is 85.9 Å². The summed E-state index contributed by atoms with van der Waals surface area (Å²) in [6, 6.07) is 9.43. The SMILES string of the molecule is CC1(C)C(=O)Nc2ccc(OCCCC=NOSc3cc(Br)c(N)c(Br)c3)cc21. The lowest BCUT2D eigenvalue weighted by molar-refractivity contribution is -0.119. The molecule has 1 aliphatic heterocycles. The molecule has 0 aliphatic carbocycles. The Morgan fingerprint density at radius 2 is 1.97 bits per heavy atom. The summed E-state index contributed by atoms with van der Waals surface area (Å²) in [7, 11) is 0. The molecule has 0 spiro atoms. The van der Waals surface area contributed by atoms with E-state index < -0.39 is 5.41 Å². The largest absolute Gasteiger partial charge is 0.494 e. The van der Waals surface area contributed by atoms with Gasteiger partial charge in [-0.15, -0.1) is 0 Å². The van der Waals surface area contributed by atoms with E-state index in [0.29, 0.717) is 12.3 Å². The highest BCUT2D eigenvalue weighted by Crippen LogP contribution is 2.39. The number of anilines is 2. The van der Waals surface area contributed by atoms with Crippen LogP contribution in [-0.4, -0.2) is 18.7 Å². The fraction of sp³-hybridized carbons (Fsp3) is 0.300. The molecule has 3 N–H and O–H groups in total. The van der Waals surface area contributed by atoms with Gasteiger partial charge < -0.3 is 20.1 Å². The number of nitrogens with two attached hydrogens (primary N) is 1. The number of rotatable bonds is 8. The van der Waals surface area contributed by atoms with Crippen molar-refractivity contribution in [2.75, 3.05) is 17.7 Å². The summed E-state index contributed by atoms with van der Waals surface area (Å²) in [6.45, 7) is 4.38. The second-order valence-electron chi connectivity index (χ2n) is 7.02. The van der Waals surface area contributed by atoms with E-state index in [4.69, 9.17) is 14.8 Å². The molecule has 9 heteroatoms. The fourth-order valence-electron chi connectivity index (χ4n) is 2.76. The van der Waals surface area contributed by atoms with Gasteiger partial charge in [0, 0.05) is 20.8 Å². The van der Waals surface area contributed by atoms with E-state index in [2.05, 4.69) is 42.3 Å². The van der Waals surface area contributed by atoms with Crippen LogP contribution in [0.4, 0.5) is 11.4 Å². The standard InChI is InChI=1S/C20H21Br2N3O3S/c1-20(2)14-9-12(5-6-17(14)25-19(20)26)27-8-4-3-7-24-28-29-13-10-15(21)18(23)16(22)11-13/h5-7,9-11H,3-4,8,23H2,1-2H3,(H,25,26). The molecule has 1 amide bonds. The Kier molecular flexibility index (Phi) is 7.13. The predicted octanol–water partition coefficient (Wildman–Crippen LogP) is 5.89. The van der Waals surface area contributed by atoms with Gasteiger partial charge in [0.25, 0.3) is 0 Å². The lowest BCUT2D eigenvalue weighted by Gasteiger charge is -2.16. The number of nitrogens with zero attached hydrogens (tertiary/aromatic N) is 1. The van der Waals surface area contributed by atoms with Gasteiger partial charge in [0.15, 0.2) is 0 Å². The Morgan fingerprint density at radius 3 is 2.69 bits per heavy atom. The van der Waals surface area contributed by atoms with Crippen LogP contribution in [-0.2, 0) is 14.5 Å². The number of ether oxygens (including phenoxy) is 1. The van der Waals surface area contributed by atoms with E-state index in [1.54, 1.807) is 6.21 Å². The summed E-state index contributed by atoms with van der Waals surface area (Å²) in [5.41, 5.74) is 7.79. The van der Waals surface area contributed by atoms with Gasteiger partial charge in [0.05, 0.1) is 22.6 Å². The molecule has 0 saturated heterocycles. The van der Waals surface area contributed by atoms with E-state index >= 15 is 0 Å². The van der Waals surface area contributed by atoms with Crippen molar-refractivity contribution in [1.82, 2.24) is 0 Å². The van der Waals surface area contributed by atoms with Gasteiger partial charge >= 0.3 is 0 Å². The smallest absolute Gasteiger partial charge is 0.234 e. The Morgan fingerprint density at radius 1 is 1.24 bits per heavy atom. The molecule has 0 fully saturated rings. The molecule has 2 aromatic rings. The molecule has 3 rings (SSSR count). The van der Waals surface area contributed by atoms with E-state index in [9.17, 15) is 4.79 Å². The van der Waals surface area contributed by atoms with Crippen LogP contribution in [0.2, 0.25) is 0 Å². The molecule has 29 heavy (non-hydrogen) atoms. The number of nitrogens with one attached hydrogen (secondary N) is 1. The molecule has 0 aromatic heterocycles. The molecule has 1 heterocycles. The first kappa shape index (κ1) is 22.0. The average Bonchev–Trinajstić information content (AvgIpc) is 2.90. The lowest BCUT2D eigenvalue weighted by atomic mass is 9.86. The molecule has 154 valence electrons. The van der Waals surface area contributed by atoms with Gasteiger partial charge in [0.1, 0.15) is 17.8 Å². The van der Waals surface area contributed by atoms with Gasteiger partial charge in [-0.25, -0.2) is 0 Å². The number of carbonyl (C=O) groups excluding carboxylic acids is 1. The second-order valence-corrected chi connectivity index (χ2v) is 9.52. The van der Waals surface area contributed by atoms with Crippen molar-refractivity contribution in [2.24, 2.45) is 5.16 Å². The molecule has 0 saturated carbocycles. The minimum Gasteiger partial charge on any atom is -0.494 e. The van der Waals surface area contributed by atoms with Gasteiger partial charge in [-0.2, -0.15) is 0 Å². The number of hydrogen-bond donors (Lipinski definition) is 2. The minimum absolute atomic E-state index is 0.0115. The Bertz CT molecular complexity index is 928. The number of benzene rings is 2. The molecule has 0 atom stereocenters. The van der Waals surface area contributed by atoms with Crippen LogP contribution in [0, 0.1) is 0 Å². The van der Waals surface area contributed by atoms with Crippen LogP contribution in [0.5, 0.6) is 5.75 Å². The fourth-order valence-corrected chi connectivity index (χ4v) is 4.77. The Labute approximate surface area is 191 Å². The quantitative estimate of drug-likeness (QED) is 0.143. The maximum atomic E-state index is 12.0. The van der Waals surface area contributed by atoms with Crippen molar-refractivity contribution in [1.29, 1.82) is 0 Å². The first-order chi connectivity index (χ1) is 13.8. The molecule has 6 nitrogen and oxygen atoms in total. The summed E-state index contributed by atoms with van der Waals surface area (Å²) in [5, 5.41) is 6.83. The number of halogens is 2. The van der Waals surface area contributed by atoms with E-state index in [1.165, 1.54) is 0 Å². The van der Waals surface area contributed by atoms with Gasteiger partial charge in [0.2, 0.25) is 5.91 Å². The molecule has 2 aromatic carbocycles. The third-order valence-electron chi connectivity index (χ3n) is 4.53. The average molecular weight is 543 g/mol. The number of carbonyl (C=O) groups is 1. The van der Waals surface area contributed by atoms with Crippen molar-refractivity contribution in [3.63, 3.8) is 0 Å². The summed E-state index contributed by atoms with van der Waals surface area (Å²) >= 11 is 7.94. The van der Waals surface area contributed by atoms with Crippen LogP contribution in [0.15, 0.2) is 49.3 Å². The van der Waals surface area contributed by atoms with Gasteiger partial charge in [-0.05, 0) is 94.4 Å². The normalized spacial score (nSPS) is 14.7. The van der Waals surface area contributed by atoms with Crippen LogP contribution in [0.1, 0.15) is 32.3 Å². The van der Waals surface area contributed by atoms with Crippen molar-refractivity contribution < 1.29 is 13.8 Å². The summed E-state index contributed by atoms with van der Waals surface area (Å²) < 4.78 is 12.6. The number of nitrogen functional groups attached to an aromatic ring is 1. The van der Waals surface area contributed by atoms with Gasteiger partial charge in [-0.3, -0.25) is 4.79 Å². The predicted molar refractivity (Wildman–Crippen MR) is 125 cm³/mol. The zero-order valence-electron chi connectivity index (χ0n) is 16.0. The summed E-state index contributed by atoms with van der Waals surface area (Å²) in [4.78, 5) is 12.9. The molecule has 0 bridgehead atoms. The maximum Gasteiger partial charge on any atom is 0.234 e. The van der Waals surface area contributed by atoms with E-state index in [0.717, 1.165) is 55.7 Å². The Hall–Kier alpha value is -1.71. The molecule has 0 unspecified atom stereocenters. The lowest BCUT2D eigenvalue weighted by Crippen LogP contribution is -2.26. The van der Waals surface area contributed by atoms with Crippen LogP contribution in [0.25, 0.3) is 0 Å². The highest BCUT2D eigenvalue weighted by atomic mass is 79.9. The van der Waals surface area contributed by atoms with E-state index in [1.807, 2.05) is 44.2 Å². The maximum absolute atomic E-state index is 12.0. The summed E-state index contributed by atoms with van der Waals surface area (Å²) in [5.74, 6) is 0.772. The second kappa shape index (κ2) is 9.40. The number of amides is 1. The molecule has 1 aliphatic rings. The van der Waals surface area contributed by atoms with Crippen molar-refractivity contribution in [3.8, 4) is 5.75 Å². The van der Waals surface area contributed by atoms with Crippen molar-refractivity contribution >= 4 is 67.4 Å². The number of fused-ring (bicyclic) bond motifs is 1. The first-order valence-corrected chi connectivity index (χ1v) is 11.3. The molecular weight excluding hydrogens is 522 g/mol. The van der Waals surface area contributed by atoms with Crippen LogP contribution >= 0.6 is 43.9 Å². The monoisotopic (exact) mass is 541 g/mol. The molecule has 0 radical (unpaired) electrons. The van der Waals surface area contributed by atoms with Crippen molar-refractivity contribution in [3.05, 3.63) is 44.8 Å². The van der Waals surface area contributed by atoms with Crippen LogP contribution < -0.4 is 15.8 Å². The zero-order chi connectivity index (χ0) is 21.0. The number of unbranched alkanes of at least 4 members (excludes halogenated alkanes) is 1. The highest BCUT2D eigenvalue weighted by Gasteiger charge is 2.38. The van der Waals surface area contributed by atoms with Crippen LogP contribution in [0.3, 0.4) is 0 Å². The van der Waals surface area contributed by atoms with Gasteiger partial charge in [-0.1, -0.05) is 5.16 Å². The molecular formula is C20H21Br2N3O3S.